The zero-order valence-corrected chi connectivity index (χ0v) is 17.3. The molecule has 1 aliphatic heterocycles. The molecule has 1 fully saturated rings. The Hall–Kier alpha value is -2.92. The molecule has 1 saturated heterocycles. The number of benzene rings is 2. The SMILES string of the molecule is CCOc1cc(-c2ccc(C)cc2)nc2ccc(C(=O)N3CCN(C)CC3)cc12. The van der Waals surface area contributed by atoms with E-state index in [1.54, 1.807) is 0 Å². The molecule has 5 nitrogen and oxygen atoms in total. The van der Waals surface area contributed by atoms with Gasteiger partial charge in [0, 0.05) is 48.8 Å². The van der Waals surface area contributed by atoms with E-state index in [9.17, 15) is 4.79 Å². The van der Waals surface area contributed by atoms with Gasteiger partial charge >= 0.3 is 0 Å². The average Bonchev–Trinajstić information content (AvgIpc) is 2.74. The van der Waals surface area contributed by atoms with Crippen LogP contribution in [0.25, 0.3) is 22.2 Å². The van der Waals surface area contributed by atoms with E-state index in [4.69, 9.17) is 9.72 Å². The Morgan fingerprint density at radius 3 is 2.45 bits per heavy atom. The maximum absolute atomic E-state index is 13.0. The normalized spacial score (nSPS) is 14.9. The minimum atomic E-state index is 0.0741. The van der Waals surface area contributed by atoms with Gasteiger partial charge in [0.1, 0.15) is 5.75 Å². The number of likely N-dealkylation sites (N-methyl/N-ethyl adjacent to an activating group) is 1. The number of pyridine rings is 1. The van der Waals surface area contributed by atoms with Crippen LogP contribution in [0.4, 0.5) is 0 Å². The van der Waals surface area contributed by atoms with Gasteiger partial charge in [0.25, 0.3) is 5.91 Å². The minimum absolute atomic E-state index is 0.0741. The topological polar surface area (TPSA) is 45.7 Å². The van der Waals surface area contributed by atoms with Gasteiger partial charge in [-0.25, -0.2) is 4.98 Å². The third-order valence-electron chi connectivity index (χ3n) is 5.46. The smallest absolute Gasteiger partial charge is 0.253 e. The first-order chi connectivity index (χ1) is 14.0. The molecular weight excluding hydrogens is 362 g/mol. The zero-order valence-electron chi connectivity index (χ0n) is 17.3. The number of ether oxygens (including phenoxy) is 1. The molecule has 29 heavy (non-hydrogen) atoms. The summed E-state index contributed by atoms with van der Waals surface area (Å²) in [6.45, 7) is 7.94. The first-order valence-electron chi connectivity index (χ1n) is 10.2. The van der Waals surface area contributed by atoms with Crippen LogP contribution in [-0.4, -0.2) is 60.5 Å². The first kappa shape index (κ1) is 19.4. The lowest BCUT2D eigenvalue weighted by Gasteiger charge is -2.32. The molecule has 1 aromatic heterocycles. The molecule has 5 heteroatoms. The van der Waals surface area contributed by atoms with Crippen molar-refractivity contribution < 1.29 is 9.53 Å². The molecule has 2 heterocycles. The Balaban J connectivity index is 1.72. The zero-order chi connectivity index (χ0) is 20.4. The quantitative estimate of drug-likeness (QED) is 0.677. The lowest BCUT2D eigenvalue weighted by atomic mass is 10.0. The highest BCUT2D eigenvalue weighted by atomic mass is 16.5. The van der Waals surface area contributed by atoms with Crippen LogP contribution in [0.15, 0.2) is 48.5 Å². The molecule has 1 aliphatic rings. The maximum Gasteiger partial charge on any atom is 0.253 e. The number of hydrogen-bond acceptors (Lipinski definition) is 4. The van der Waals surface area contributed by atoms with Crippen molar-refractivity contribution in [1.82, 2.24) is 14.8 Å². The van der Waals surface area contributed by atoms with Gasteiger partial charge in [-0.3, -0.25) is 4.79 Å². The molecule has 0 atom stereocenters. The van der Waals surface area contributed by atoms with Gasteiger partial charge in [-0.15, -0.1) is 0 Å². The third-order valence-corrected chi connectivity index (χ3v) is 5.46. The van der Waals surface area contributed by atoms with Crippen molar-refractivity contribution in [2.75, 3.05) is 39.8 Å². The number of amides is 1. The monoisotopic (exact) mass is 389 g/mol. The predicted molar refractivity (Wildman–Crippen MR) is 116 cm³/mol. The Morgan fingerprint density at radius 1 is 1.03 bits per heavy atom. The van der Waals surface area contributed by atoms with Gasteiger partial charge < -0.3 is 14.5 Å². The lowest BCUT2D eigenvalue weighted by Crippen LogP contribution is -2.47. The molecule has 0 radical (unpaired) electrons. The standard InChI is InChI=1S/C24H27N3O2/c1-4-29-23-16-22(18-7-5-17(2)6-8-18)25-21-10-9-19(15-20(21)23)24(28)27-13-11-26(3)12-14-27/h5-10,15-16H,4,11-14H2,1-3H3. The van der Waals surface area contributed by atoms with Gasteiger partial charge in [-0.05, 0) is 39.1 Å². The number of fused-ring (bicyclic) bond motifs is 1. The van der Waals surface area contributed by atoms with E-state index in [1.807, 2.05) is 36.1 Å². The van der Waals surface area contributed by atoms with Gasteiger partial charge in [-0.1, -0.05) is 29.8 Å². The van der Waals surface area contributed by atoms with Crippen molar-refractivity contribution >= 4 is 16.8 Å². The van der Waals surface area contributed by atoms with Crippen LogP contribution in [0.2, 0.25) is 0 Å². The summed E-state index contributed by atoms with van der Waals surface area (Å²) >= 11 is 0. The lowest BCUT2D eigenvalue weighted by molar-refractivity contribution is 0.0664. The number of piperazine rings is 1. The van der Waals surface area contributed by atoms with Gasteiger partial charge in [0.2, 0.25) is 0 Å². The average molecular weight is 389 g/mol. The predicted octanol–water partition coefficient (Wildman–Crippen LogP) is 4.00. The number of aromatic nitrogens is 1. The number of carbonyl (C=O) groups excluding carboxylic acids is 1. The Labute approximate surface area is 171 Å². The minimum Gasteiger partial charge on any atom is -0.493 e. The van der Waals surface area contributed by atoms with E-state index in [2.05, 4.69) is 43.1 Å². The number of carbonyl (C=O) groups is 1. The second kappa shape index (κ2) is 8.21. The van der Waals surface area contributed by atoms with Crippen molar-refractivity contribution in [3.8, 4) is 17.0 Å². The molecule has 0 saturated carbocycles. The van der Waals surface area contributed by atoms with E-state index in [0.29, 0.717) is 12.2 Å². The van der Waals surface area contributed by atoms with E-state index in [-0.39, 0.29) is 5.91 Å². The summed E-state index contributed by atoms with van der Waals surface area (Å²) in [6.07, 6.45) is 0. The van der Waals surface area contributed by atoms with E-state index < -0.39 is 0 Å². The number of hydrogen-bond donors (Lipinski definition) is 0. The molecular formula is C24H27N3O2. The van der Waals surface area contributed by atoms with Crippen LogP contribution in [0, 0.1) is 6.92 Å². The van der Waals surface area contributed by atoms with Crippen molar-refractivity contribution in [3.63, 3.8) is 0 Å². The molecule has 3 aromatic rings. The highest BCUT2D eigenvalue weighted by molar-refractivity contribution is 5.99. The first-order valence-corrected chi connectivity index (χ1v) is 10.2. The second-order valence-corrected chi connectivity index (χ2v) is 7.63. The number of aryl methyl sites for hydroxylation is 1. The van der Waals surface area contributed by atoms with Crippen LogP contribution in [-0.2, 0) is 0 Å². The molecule has 2 aromatic carbocycles. The number of rotatable bonds is 4. The maximum atomic E-state index is 13.0. The van der Waals surface area contributed by atoms with Crippen molar-refractivity contribution in [2.45, 2.75) is 13.8 Å². The third kappa shape index (κ3) is 4.10. The molecule has 150 valence electrons. The summed E-state index contributed by atoms with van der Waals surface area (Å²) in [5.41, 5.74) is 4.66. The molecule has 0 N–H and O–H groups in total. The Bertz CT molecular complexity index is 1020. The fraction of sp³-hybridized carbons (Fsp3) is 0.333. The van der Waals surface area contributed by atoms with Gasteiger partial charge in [0.15, 0.2) is 0 Å². The fourth-order valence-electron chi connectivity index (χ4n) is 3.67. The highest BCUT2D eigenvalue weighted by Gasteiger charge is 2.21. The molecule has 0 unspecified atom stereocenters. The van der Waals surface area contributed by atoms with Crippen LogP contribution in [0.1, 0.15) is 22.8 Å². The summed E-state index contributed by atoms with van der Waals surface area (Å²) in [6, 6.07) is 16.0. The van der Waals surface area contributed by atoms with E-state index in [0.717, 1.165) is 54.1 Å². The van der Waals surface area contributed by atoms with Crippen LogP contribution >= 0.6 is 0 Å². The number of nitrogens with zero attached hydrogens (tertiary/aromatic N) is 3. The van der Waals surface area contributed by atoms with Crippen molar-refractivity contribution in [2.24, 2.45) is 0 Å². The molecule has 4 rings (SSSR count). The largest absolute Gasteiger partial charge is 0.493 e. The molecule has 0 bridgehead atoms. The van der Waals surface area contributed by atoms with E-state index in [1.165, 1.54) is 5.56 Å². The van der Waals surface area contributed by atoms with Gasteiger partial charge in [-0.2, -0.15) is 0 Å². The summed E-state index contributed by atoms with van der Waals surface area (Å²) in [5.74, 6) is 0.839. The van der Waals surface area contributed by atoms with Crippen LogP contribution < -0.4 is 4.74 Å². The van der Waals surface area contributed by atoms with E-state index >= 15 is 0 Å². The van der Waals surface area contributed by atoms with Crippen LogP contribution in [0.3, 0.4) is 0 Å². The summed E-state index contributed by atoms with van der Waals surface area (Å²) in [4.78, 5) is 22.0. The molecule has 0 spiro atoms. The fourth-order valence-corrected chi connectivity index (χ4v) is 3.67. The highest BCUT2D eigenvalue weighted by Crippen LogP contribution is 2.31. The van der Waals surface area contributed by atoms with Crippen molar-refractivity contribution in [3.05, 3.63) is 59.7 Å². The summed E-state index contributed by atoms with van der Waals surface area (Å²) in [7, 11) is 2.09. The Kier molecular flexibility index (Phi) is 5.49. The molecule has 0 aliphatic carbocycles. The summed E-state index contributed by atoms with van der Waals surface area (Å²) < 4.78 is 5.93. The summed E-state index contributed by atoms with van der Waals surface area (Å²) in [5, 5.41) is 0.877. The van der Waals surface area contributed by atoms with Crippen LogP contribution in [0.5, 0.6) is 5.75 Å². The Morgan fingerprint density at radius 2 is 1.76 bits per heavy atom. The van der Waals surface area contributed by atoms with Crippen molar-refractivity contribution in [1.29, 1.82) is 0 Å². The molecule has 1 amide bonds. The second-order valence-electron chi connectivity index (χ2n) is 7.63. The van der Waals surface area contributed by atoms with Gasteiger partial charge in [0.05, 0.1) is 17.8 Å².